The summed E-state index contributed by atoms with van der Waals surface area (Å²) in [4.78, 5) is 10.6. The second-order valence-corrected chi connectivity index (χ2v) is 5.55. The Labute approximate surface area is 129 Å². The molecule has 0 aromatic heterocycles. The lowest BCUT2D eigenvalue weighted by Crippen LogP contribution is -2.28. The topological polar surface area (TPSA) is 55.2 Å². The van der Waals surface area contributed by atoms with Crippen LogP contribution in [0, 0.1) is 10.1 Å². The molecule has 0 spiro atoms. The SMILES string of the molecule is O=[N+]([O-])c1ccccc1/C=C/CNC1(c2ccccc2)CC1. The van der Waals surface area contributed by atoms with E-state index in [1.165, 1.54) is 11.6 Å². The average Bonchev–Trinajstić information content (AvgIpc) is 3.34. The number of para-hydroxylation sites is 1. The van der Waals surface area contributed by atoms with Crippen LogP contribution in [-0.4, -0.2) is 11.5 Å². The predicted octanol–water partition coefficient (Wildman–Crippen LogP) is 3.89. The van der Waals surface area contributed by atoms with Crippen molar-refractivity contribution in [1.82, 2.24) is 5.32 Å². The highest BCUT2D eigenvalue weighted by Gasteiger charge is 2.43. The molecule has 1 fully saturated rings. The van der Waals surface area contributed by atoms with E-state index in [1.807, 2.05) is 24.3 Å². The van der Waals surface area contributed by atoms with Crippen molar-refractivity contribution in [2.75, 3.05) is 6.54 Å². The number of benzene rings is 2. The molecular formula is C18H18N2O2. The third-order valence-corrected chi connectivity index (χ3v) is 4.07. The van der Waals surface area contributed by atoms with Crippen molar-refractivity contribution in [2.24, 2.45) is 0 Å². The number of nitro groups is 1. The van der Waals surface area contributed by atoms with Crippen molar-refractivity contribution in [3.63, 3.8) is 0 Å². The summed E-state index contributed by atoms with van der Waals surface area (Å²) < 4.78 is 0. The third kappa shape index (κ3) is 3.07. The number of nitrogens with one attached hydrogen (secondary N) is 1. The number of hydrogen-bond donors (Lipinski definition) is 1. The molecule has 0 heterocycles. The molecule has 0 saturated heterocycles. The van der Waals surface area contributed by atoms with Crippen LogP contribution in [0.15, 0.2) is 60.7 Å². The summed E-state index contributed by atoms with van der Waals surface area (Å²) in [6.07, 6.45) is 6.03. The summed E-state index contributed by atoms with van der Waals surface area (Å²) in [6.45, 7) is 0.695. The number of nitro benzene ring substituents is 1. The first-order chi connectivity index (χ1) is 10.7. The maximum Gasteiger partial charge on any atom is 0.276 e. The van der Waals surface area contributed by atoms with E-state index < -0.39 is 0 Å². The zero-order valence-electron chi connectivity index (χ0n) is 12.2. The maximum absolute atomic E-state index is 11.0. The van der Waals surface area contributed by atoms with Gasteiger partial charge in [0.2, 0.25) is 0 Å². The Kier molecular flexibility index (Phi) is 4.02. The van der Waals surface area contributed by atoms with Gasteiger partial charge in [-0.3, -0.25) is 10.1 Å². The van der Waals surface area contributed by atoms with Gasteiger partial charge in [0.05, 0.1) is 10.5 Å². The molecule has 4 heteroatoms. The highest BCUT2D eigenvalue weighted by atomic mass is 16.6. The molecule has 1 saturated carbocycles. The highest BCUT2D eigenvalue weighted by Crippen LogP contribution is 2.45. The van der Waals surface area contributed by atoms with Crippen LogP contribution in [0.2, 0.25) is 0 Å². The Morgan fingerprint density at radius 1 is 1.09 bits per heavy atom. The van der Waals surface area contributed by atoms with E-state index in [4.69, 9.17) is 0 Å². The quantitative estimate of drug-likeness (QED) is 0.649. The minimum atomic E-state index is -0.348. The van der Waals surface area contributed by atoms with E-state index in [0.29, 0.717) is 12.1 Å². The molecule has 112 valence electrons. The molecule has 1 aliphatic rings. The molecular weight excluding hydrogens is 276 g/mol. The van der Waals surface area contributed by atoms with Gasteiger partial charge in [-0.25, -0.2) is 0 Å². The lowest BCUT2D eigenvalue weighted by Gasteiger charge is -2.16. The van der Waals surface area contributed by atoms with Crippen LogP contribution in [0.4, 0.5) is 5.69 Å². The maximum atomic E-state index is 11.0. The van der Waals surface area contributed by atoms with Crippen LogP contribution < -0.4 is 5.32 Å². The molecule has 1 N–H and O–H groups in total. The van der Waals surface area contributed by atoms with Crippen LogP contribution in [0.5, 0.6) is 0 Å². The van der Waals surface area contributed by atoms with Gasteiger partial charge in [0.1, 0.15) is 0 Å². The second-order valence-electron chi connectivity index (χ2n) is 5.55. The van der Waals surface area contributed by atoms with Crippen molar-refractivity contribution >= 4 is 11.8 Å². The average molecular weight is 294 g/mol. The van der Waals surface area contributed by atoms with E-state index in [2.05, 4.69) is 29.6 Å². The van der Waals surface area contributed by atoms with Gasteiger partial charge in [0.25, 0.3) is 5.69 Å². The van der Waals surface area contributed by atoms with E-state index in [0.717, 1.165) is 12.8 Å². The zero-order valence-corrected chi connectivity index (χ0v) is 12.2. The molecule has 4 nitrogen and oxygen atoms in total. The number of nitrogens with zero attached hydrogens (tertiary/aromatic N) is 1. The van der Waals surface area contributed by atoms with Crippen LogP contribution in [0.3, 0.4) is 0 Å². The van der Waals surface area contributed by atoms with E-state index in [-0.39, 0.29) is 16.1 Å². The minimum Gasteiger partial charge on any atom is -0.304 e. The molecule has 0 atom stereocenters. The zero-order chi connectivity index (χ0) is 15.4. The minimum absolute atomic E-state index is 0.0915. The summed E-state index contributed by atoms with van der Waals surface area (Å²) in [5.41, 5.74) is 2.18. The van der Waals surface area contributed by atoms with Crippen LogP contribution in [0.25, 0.3) is 6.08 Å². The van der Waals surface area contributed by atoms with Crippen molar-refractivity contribution in [2.45, 2.75) is 18.4 Å². The monoisotopic (exact) mass is 294 g/mol. The molecule has 0 radical (unpaired) electrons. The first kappa shape index (κ1) is 14.5. The first-order valence-corrected chi connectivity index (χ1v) is 7.42. The Bertz CT molecular complexity index is 691. The van der Waals surface area contributed by atoms with Crippen LogP contribution in [0.1, 0.15) is 24.0 Å². The van der Waals surface area contributed by atoms with Gasteiger partial charge in [0, 0.05) is 18.2 Å². The van der Waals surface area contributed by atoms with Gasteiger partial charge in [0.15, 0.2) is 0 Å². The van der Waals surface area contributed by atoms with Gasteiger partial charge in [-0.15, -0.1) is 0 Å². The lowest BCUT2D eigenvalue weighted by molar-refractivity contribution is -0.385. The summed E-state index contributed by atoms with van der Waals surface area (Å²) >= 11 is 0. The summed E-state index contributed by atoms with van der Waals surface area (Å²) in [5, 5.41) is 14.5. The molecule has 1 aliphatic carbocycles. The Morgan fingerprint density at radius 3 is 2.45 bits per heavy atom. The fourth-order valence-corrected chi connectivity index (χ4v) is 2.68. The van der Waals surface area contributed by atoms with E-state index in [9.17, 15) is 10.1 Å². The Morgan fingerprint density at radius 2 is 1.77 bits per heavy atom. The van der Waals surface area contributed by atoms with E-state index >= 15 is 0 Å². The summed E-state index contributed by atoms with van der Waals surface area (Å²) in [5.74, 6) is 0. The van der Waals surface area contributed by atoms with Crippen molar-refractivity contribution in [3.8, 4) is 0 Å². The highest BCUT2D eigenvalue weighted by molar-refractivity contribution is 5.60. The van der Waals surface area contributed by atoms with Crippen LogP contribution >= 0.6 is 0 Å². The van der Waals surface area contributed by atoms with Gasteiger partial charge in [-0.2, -0.15) is 0 Å². The molecule has 0 bridgehead atoms. The molecule has 0 unspecified atom stereocenters. The van der Waals surface area contributed by atoms with Gasteiger partial charge < -0.3 is 5.32 Å². The van der Waals surface area contributed by atoms with Gasteiger partial charge in [-0.1, -0.05) is 54.6 Å². The fourth-order valence-electron chi connectivity index (χ4n) is 2.68. The lowest BCUT2D eigenvalue weighted by atomic mass is 10.1. The largest absolute Gasteiger partial charge is 0.304 e. The number of rotatable bonds is 6. The molecule has 22 heavy (non-hydrogen) atoms. The molecule has 0 amide bonds. The smallest absolute Gasteiger partial charge is 0.276 e. The van der Waals surface area contributed by atoms with Gasteiger partial charge in [-0.05, 0) is 24.5 Å². The van der Waals surface area contributed by atoms with Gasteiger partial charge >= 0.3 is 0 Å². The van der Waals surface area contributed by atoms with Crippen molar-refractivity contribution in [1.29, 1.82) is 0 Å². The van der Waals surface area contributed by atoms with E-state index in [1.54, 1.807) is 12.1 Å². The standard InChI is InChI=1S/C18H18N2O2/c21-20(22)17-11-5-4-7-15(17)8-6-14-19-18(12-13-18)16-9-2-1-3-10-16/h1-11,19H,12-14H2/b8-6+. The summed E-state index contributed by atoms with van der Waals surface area (Å²) in [7, 11) is 0. The molecule has 3 rings (SSSR count). The Balaban J connectivity index is 1.63. The van der Waals surface area contributed by atoms with Crippen LogP contribution in [-0.2, 0) is 5.54 Å². The molecule has 2 aromatic rings. The van der Waals surface area contributed by atoms with Crippen molar-refractivity contribution in [3.05, 3.63) is 81.9 Å². The van der Waals surface area contributed by atoms with Crippen molar-refractivity contribution < 1.29 is 4.92 Å². The normalized spacial score (nSPS) is 15.8. The first-order valence-electron chi connectivity index (χ1n) is 7.42. The second kappa shape index (κ2) is 6.12. The predicted molar refractivity (Wildman–Crippen MR) is 87.5 cm³/mol. The summed E-state index contributed by atoms with van der Waals surface area (Å²) in [6, 6.07) is 17.2. The molecule has 2 aromatic carbocycles. The number of hydrogen-bond acceptors (Lipinski definition) is 3. The molecule has 0 aliphatic heterocycles. The fraction of sp³-hybridized carbons (Fsp3) is 0.222. The Hall–Kier alpha value is -2.46. The third-order valence-electron chi connectivity index (χ3n) is 4.07.